The second-order valence-electron chi connectivity index (χ2n) is 2.83. The van der Waals surface area contributed by atoms with Crippen molar-refractivity contribution in [3.63, 3.8) is 0 Å². The quantitative estimate of drug-likeness (QED) is 0.626. The van der Waals surface area contributed by atoms with E-state index in [0.29, 0.717) is 22.4 Å². The average Bonchev–Trinajstić information content (AvgIpc) is 2.13. The molecule has 0 aliphatic rings. The molecule has 2 nitrogen and oxygen atoms in total. The fourth-order valence-electron chi connectivity index (χ4n) is 0.975. The van der Waals surface area contributed by atoms with Crippen LogP contribution in [0.2, 0.25) is 10.0 Å². The molecule has 74 valence electrons. The third-order valence-electron chi connectivity index (χ3n) is 1.63. The van der Waals surface area contributed by atoms with Crippen molar-refractivity contribution in [2.24, 2.45) is 0 Å². The molecule has 1 rings (SSSR count). The van der Waals surface area contributed by atoms with Crippen molar-refractivity contribution < 1.29 is 9.90 Å². The maximum absolute atomic E-state index is 10.4. The number of halogens is 2. The van der Waals surface area contributed by atoms with Gasteiger partial charge in [0.05, 0.1) is 5.02 Å². The molecule has 1 N–H and O–H groups in total. The van der Waals surface area contributed by atoms with Crippen molar-refractivity contribution in [3.8, 4) is 5.75 Å². The van der Waals surface area contributed by atoms with Gasteiger partial charge in [-0.2, -0.15) is 0 Å². The highest BCUT2D eigenvalue weighted by atomic mass is 35.5. The molecule has 0 saturated heterocycles. The number of aromatic hydroxyl groups is 1. The number of allylic oxidation sites excluding steroid dienone is 1. The van der Waals surface area contributed by atoms with Crippen LogP contribution in [0.25, 0.3) is 6.08 Å². The lowest BCUT2D eigenvalue weighted by atomic mass is 10.1. The number of phenolic OH excluding ortho intramolecular Hbond substituents is 1. The summed E-state index contributed by atoms with van der Waals surface area (Å²) in [4.78, 5) is 10.4. The molecule has 4 heteroatoms. The topological polar surface area (TPSA) is 37.3 Å². The van der Waals surface area contributed by atoms with E-state index in [-0.39, 0.29) is 10.8 Å². The molecule has 1 aromatic rings. The van der Waals surface area contributed by atoms with Crippen LogP contribution in [0.15, 0.2) is 17.7 Å². The monoisotopic (exact) mass is 230 g/mol. The molecule has 0 fully saturated rings. The maximum atomic E-state index is 10.4. The smallest absolute Gasteiger partial charge is 0.145 e. The average molecular weight is 231 g/mol. The number of benzene rings is 1. The molecular weight excluding hydrogens is 223 g/mol. The molecule has 0 aliphatic carbocycles. The highest BCUT2D eigenvalue weighted by molar-refractivity contribution is 6.35. The minimum absolute atomic E-state index is 0.0720. The molecule has 0 amide bonds. The molecule has 1 aromatic carbocycles. The minimum atomic E-state index is -0.0720. The lowest BCUT2D eigenvalue weighted by Crippen LogP contribution is -1.81. The van der Waals surface area contributed by atoms with E-state index in [0.717, 1.165) is 0 Å². The SMILES string of the molecule is CC(C=O)=Cc1cc(Cl)cc(Cl)c1O. The van der Waals surface area contributed by atoms with Crippen LogP contribution in [0.1, 0.15) is 12.5 Å². The number of hydrogen-bond donors (Lipinski definition) is 1. The van der Waals surface area contributed by atoms with E-state index in [1.807, 2.05) is 0 Å². The van der Waals surface area contributed by atoms with Crippen LogP contribution < -0.4 is 0 Å². The van der Waals surface area contributed by atoms with Crippen LogP contribution in [0.5, 0.6) is 5.75 Å². The summed E-state index contributed by atoms with van der Waals surface area (Å²) in [6, 6.07) is 2.97. The fraction of sp³-hybridized carbons (Fsp3) is 0.100. The zero-order valence-corrected chi connectivity index (χ0v) is 8.93. The van der Waals surface area contributed by atoms with Gasteiger partial charge < -0.3 is 5.11 Å². The van der Waals surface area contributed by atoms with Gasteiger partial charge in [-0.15, -0.1) is 0 Å². The molecule has 0 radical (unpaired) electrons. The molecule has 14 heavy (non-hydrogen) atoms. The summed E-state index contributed by atoms with van der Waals surface area (Å²) in [5.41, 5.74) is 0.922. The van der Waals surface area contributed by atoms with Crippen LogP contribution in [-0.4, -0.2) is 11.4 Å². The van der Waals surface area contributed by atoms with Crippen molar-refractivity contribution >= 4 is 35.6 Å². The van der Waals surface area contributed by atoms with Crippen LogP contribution in [0.4, 0.5) is 0 Å². The van der Waals surface area contributed by atoms with Crippen LogP contribution in [-0.2, 0) is 4.79 Å². The van der Waals surface area contributed by atoms with E-state index in [4.69, 9.17) is 23.2 Å². The first-order chi connectivity index (χ1) is 6.54. The summed E-state index contributed by atoms with van der Waals surface area (Å²) in [7, 11) is 0. The van der Waals surface area contributed by atoms with Gasteiger partial charge in [0.15, 0.2) is 0 Å². The van der Waals surface area contributed by atoms with Gasteiger partial charge in [0.1, 0.15) is 12.0 Å². The molecule has 0 bridgehead atoms. The Bertz CT molecular complexity index is 397. The second-order valence-corrected chi connectivity index (χ2v) is 3.68. The lowest BCUT2D eigenvalue weighted by Gasteiger charge is -2.02. The number of rotatable bonds is 2. The van der Waals surface area contributed by atoms with Gasteiger partial charge in [-0.25, -0.2) is 0 Å². The Kier molecular flexibility index (Phi) is 3.55. The standard InChI is InChI=1S/C10H8Cl2O2/c1-6(5-13)2-7-3-8(11)4-9(12)10(7)14/h2-5,14H,1H3. The van der Waals surface area contributed by atoms with Gasteiger partial charge in [0, 0.05) is 10.6 Å². The van der Waals surface area contributed by atoms with E-state index in [9.17, 15) is 9.90 Å². The van der Waals surface area contributed by atoms with E-state index in [1.165, 1.54) is 18.2 Å². The number of carbonyl (C=O) groups is 1. The first kappa shape index (κ1) is 11.1. The number of phenols is 1. The van der Waals surface area contributed by atoms with E-state index < -0.39 is 0 Å². The Hall–Kier alpha value is -0.990. The Balaban J connectivity index is 3.27. The molecule has 0 aromatic heterocycles. The molecule has 0 aliphatic heterocycles. The Morgan fingerprint density at radius 2 is 2.07 bits per heavy atom. The van der Waals surface area contributed by atoms with Gasteiger partial charge in [-0.1, -0.05) is 23.2 Å². The second kappa shape index (κ2) is 4.49. The third-order valence-corrected chi connectivity index (χ3v) is 2.13. The zero-order valence-electron chi connectivity index (χ0n) is 7.42. The number of hydrogen-bond acceptors (Lipinski definition) is 2. The summed E-state index contributed by atoms with van der Waals surface area (Å²) >= 11 is 11.4. The summed E-state index contributed by atoms with van der Waals surface area (Å²) in [5, 5.41) is 10.1. The summed E-state index contributed by atoms with van der Waals surface area (Å²) in [6.45, 7) is 1.63. The van der Waals surface area contributed by atoms with Gasteiger partial charge >= 0.3 is 0 Å². The largest absolute Gasteiger partial charge is 0.506 e. The van der Waals surface area contributed by atoms with Crippen LogP contribution in [0.3, 0.4) is 0 Å². The molecule has 0 saturated carbocycles. The zero-order chi connectivity index (χ0) is 10.7. The molecular formula is C10H8Cl2O2. The summed E-state index contributed by atoms with van der Waals surface area (Å²) in [5.74, 6) is -0.0720. The van der Waals surface area contributed by atoms with Crippen LogP contribution in [0, 0.1) is 0 Å². The first-order valence-corrected chi connectivity index (χ1v) is 4.61. The third kappa shape index (κ3) is 2.50. The summed E-state index contributed by atoms with van der Waals surface area (Å²) < 4.78 is 0. The minimum Gasteiger partial charge on any atom is -0.506 e. The van der Waals surface area contributed by atoms with Crippen molar-refractivity contribution in [2.45, 2.75) is 6.92 Å². The molecule has 0 spiro atoms. The van der Waals surface area contributed by atoms with Gasteiger partial charge in [-0.05, 0) is 30.7 Å². The van der Waals surface area contributed by atoms with Gasteiger partial charge in [-0.3, -0.25) is 4.79 Å². The van der Waals surface area contributed by atoms with E-state index >= 15 is 0 Å². The van der Waals surface area contributed by atoms with E-state index in [2.05, 4.69) is 0 Å². The Labute approximate surface area is 91.8 Å². The number of aldehydes is 1. The molecule has 0 heterocycles. The van der Waals surface area contributed by atoms with Crippen molar-refractivity contribution in [2.75, 3.05) is 0 Å². The molecule has 0 unspecified atom stereocenters. The van der Waals surface area contributed by atoms with Gasteiger partial charge in [0.25, 0.3) is 0 Å². The Morgan fingerprint density at radius 1 is 1.43 bits per heavy atom. The van der Waals surface area contributed by atoms with Gasteiger partial charge in [0.2, 0.25) is 0 Å². The Morgan fingerprint density at radius 3 is 2.64 bits per heavy atom. The predicted octanol–water partition coefficient (Wildman–Crippen LogP) is 3.30. The van der Waals surface area contributed by atoms with Crippen molar-refractivity contribution in [1.82, 2.24) is 0 Å². The lowest BCUT2D eigenvalue weighted by molar-refractivity contribution is -0.104. The highest BCUT2D eigenvalue weighted by Gasteiger charge is 2.05. The fourth-order valence-corrected chi connectivity index (χ4v) is 1.48. The normalized spacial score (nSPS) is 11.5. The van der Waals surface area contributed by atoms with Crippen molar-refractivity contribution in [1.29, 1.82) is 0 Å². The van der Waals surface area contributed by atoms with E-state index in [1.54, 1.807) is 6.92 Å². The van der Waals surface area contributed by atoms with Crippen LogP contribution >= 0.6 is 23.2 Å². The van der Waals surface area contributed by atoms with Crippen molar-refractivity contribution in [3.05, 3.63) is 33.3 Å². The molecule has 0 atom stereocenters. The summed E-state index contributed by atoms with van der Waals surface area (Å²) in [6.07, 6.45) is 2.20. The highest BCUT2D eigenvalue weighted by Crippen LogP contribution is 2.32. The number of carbonyl (C=O) groups excluding carboxylic acids is 1. The first-order valence-electron chi connectivity index (χ1n) is 3.86. The maximum Gasteiger partial charge on any atom is 0.145 e. The predicted molar refractivity (Wildman–Crippen MR) is 57.8 cm³/mol.